The Hall–Kier alpha value is -8.16. The second-order valence-electron chi connectivity index (χ2n) is 14.6. The van der Waals surface area contributed by atoms with E-state index in [0.717, 1.165) is 83.5 Å². The van der Waals surface area contributed by atoms with Crippen LogP contribution < -0.4 is 0 Å². The number of imidazole rings is 1. The highest BCUT2D eigenvalue weighted by molar-refractivity contribution is 6.17. The van der Waals surface area contributed by atoms with Crippen molar-refractivity contribution in [2.75, 3.05) is 0 Å². The van der Waals surface area contributed by atoms with Gasteiger partial charge in [-0.05, 0) is 72.8 Å². The molecule has 0 spiro atoms. The van der Waals surface area contributed by atoms with Crippen LogP contribution in [-0.4, -0.2) is 29.1 Å². The van der Waals surface area contributed by atoms with Crippen LogP contribution in [0, 0.1) is 0 Å². The van der Waals surface area contributed by atoms with Gasteiger partial charge in [0.05, 0.1) is 22.1 Å². The molecule has 7 nitrogen and oxygen atoms in total. The van der Waals surface area contributed by atoms with Gasteiger partial charge in [0.25, 0.3) is 0 Å². The van der Waals surface area contributed by atoms with E-state index >= 15 is 0 Å². The molecule has 0 radical (unpaired) electrons. The monoisotopic (exact) mass is 756 g/mol. The third kappa shape index (κ3) is 5.29. The Morgan fingerprint density at radius 2 is 0.847 bits per heavy atom. The average molecular weight is 757 g/mol. The van der Waals surface area contributed by atoms with Crippen molar-refractivity contribution in [1.82, 2.24) is 29.1 Å². The van der Waals surface area contributed by atoms with Gasteiger partial charge in [0.1, 0.15) is 17.0 Å². The highest BCUT2D eigenvalue weighted by Gasteiger charge is 2.23. The number of rotatable bonds is 6. The van der Waals surface area contributed by atoms with Crippen molar-refractivity contribution >= 4 is 54.8 Å². The zero-order valence-corrected chi connectivity index (χ0v) is 31.6. The predicted octanol–water partition coefficient (Wildman–Crippen LogP) is 12.9. The molecule has 0 atom stereocenters. The standard InChI is InChI=1S/C52H32N6O/c1-3-15-33(16-4-1)49-54-50(34-29-31-36(32-30-34)57-42-24-10-7-19-37(42)38-20-8-11-25-43(38)57)56-51(55-49)39-21-13-27-45-47(39)48-40(22-14-28-46(48)59-45)52-53-41-23-9-12-26-44(41)58(52)35-17-5-2-6-18-35/h1-32H. The third-order valence-corrected chi connectivity index (χ3v) is 11.2. The van der Waals surface area contributed by atoms with Crippen molar-refractivity contribution in [2.24, 2.45) is 0 Å². The van der Waals surface area contributed by atoms with E-state index in [1.807, 2.05) is 66.7 Å². The van der Waals surface area contributed by atoms with Crippen LogP contribution in [0.2, 0.25) is 0 Å². The lowest BCUT2D eigenvalue weighted by atomic mass is 10.0. The van der Waals surface area contributed by atoms with Crippen molar-refractivity contribution in [3.05, 3.63) is 194 Å². The van der Waals surface area contributed by atoms with Gasteiger partial charge in [-0.1, -0.05) is 121 Å². The Morgan fingerprint density at radius 1 is 0.339 bits per heavy atom. The molecule has 4 heterocycles. The third-order valence-electron chi connectivity index (χ3n) is 11.2. The van der Waals surface area contributed by atoms with Crippen molar-refractivity contribution in [3.8, 4) is 56.9 Å². The lowest BCUT2D eigenvalue weighted by molar-refractivity contribution is 0.669. The lowest BCUT2D eigenvalue weighted by Gasteiger charge is -2.12. The molecule has 0 bridgehead atoms. The van der Waals surface area contributed by atoms with E-state index in [1.54, 1.807) is 0 Å². The van der Waals surface area contributed by atoms with Gasteiger partial charge < -0.3 is 8.98 Å². The van der Waals surface area contributed by atoms with Gasteiger partial charge in [-0.15, -0.1) is 0 Å². The molecule has 0 aliphatic rings. The molecule has 0 unspecified atom stereocenters. The molecule has 59 heavy (non-hydrogen) atoms. The Labute approximate surface area is 338 Å². The Bertz CT molecular complexity index is 3490. The van der Waals surface area contributed by atoms with E-state index in [1.165, 1.54) is 10.8 Å². The van der Waals surface area contributed by atoms with Crippen LogP contribution in [-0.2, 0) is 0 Å². The molecule has 0 saturated heterocycles. The summed E-state index contributed by atoms with van der Waals surface area (Å²) in [4.78, 5) is 20.7. The summed E-state index contributed by atoms with van der Waals surface area (Å²) >= 11 is 0. The van der Waals surface area contributed by atoms with Crippen LogP contribution in [0.3, 0.4) is 0 Å². The minimum Gasteiger partial charge on any atom is -0.456 e. The van der Waals surface area contributed by atoms with Crippen molar-refractivity contribution in [2.45, 2.75) is 0 Å². The summed E-state index contributed by atoms with van der Waals surface area (Å²) in [6.45, 7) is 0. The van der Waals surface area contributed by atoms with E-state index < -0.39 is 0 Å². The zero-order valence-electron chi connectivity index (χ0n) is 31.6. The molecule has 7 heteroatoms. The Balaban J connectivity index is 1.06. The van der Waals surface area contributed by atoms with Gasteiger partial charge in [0.15, 0.2) is 17.5 Å². The van der Waals surface area contributed by atoms with E-state index in [0.29, 0.717) is 17.5 Å². The van der Waals surface area contributed by atoms with E-state index in [4.69, 9.17) is 24.4 Å². The number of hydrogen-bond acceptors (Lipinski definition) is 5. The maximum Gasteiger partial charge on any atom is 0.164 e. The van der Waals surface area contributed by atoms with Gasteiger partial charge in [-0.2, -0.15) is 0 Å². The van der Waals surface area contributed by atoms with Gasteiger partial charge >= 0.3 is 0 Å². The largest absolute Gasteiger partial charge is 0.456 e. The van der Waals surface area contributed by atoms with Crippen LogP contribution in [0.5, 0.6) is 0 Å². The second-order valence-corrected chi connectivity index (χ2v) is 14.6. The molecule has 12 rings (SSSR count). The molecule has 12 aromatic rings. The van der Waals surface area contributed by atoms with Crippen LogP contribution >= 0.6 is 0 Å². The number of benzene rings is 8. The SMILES string of the molecule is c1ccc(-c2nc(-c3ccc(-n4c5ccccc5c5ccccc54)cc3)nc(-c3cccc4oc5cccc(-c6nc7ccccc7n6-c6ccccc6)c5c34)n2)cc1. The molecule has 0 saturated carbocycles. The fourth-order valence-corrected chi connectivity index (χ4v) is 8.59. The van der Waals surface area contributed by atoms with Crippen molar-refractivity contribution in [1.29, 1.82) is 0 Å². The Kier molecular flexibility index (Phi) is 7.40. The van der Waals surface area contributed by atoms with E-state index in [9.17, 15) is 0 Å². The average Bonchev–Trinajstić information content (AvgIpc) is 4.00. The van der Waals surface area contributed by atoms with Gasteiger partial charge in [0, 0.05) is 55.2 Å². The summed E-state index contributed by atoms with van der Waals surface area (Å²) in [5, 5.41) is 4.32. The van der Waals surface area contributed by atoms with Crippen molar-refractivity contribution in [3.63, 3.8) is 0 Å². The lowest BCUT2D eigenvalue weighted by Crippen LogP contribution is -2.01. The number of nitrogens with zero attached hydrogens (tertiary/aromatic N) is 6. The molecular formula is C52H32N6O. The molecule has 276 valence electrons. The molecule has 0 amide bonds. The molecule has 0 aliphatic heterocycles. The number of fused-ring (bicyclic) bond motifs is 7. The highest BCUT2D eigenvalue weighted by atomic mass is 16.3. The molecule has 0 fully saturated rings. The summed E-state index contributed by atoms with van der Waals surface area (Å²) in [6, 6.07) is 66.6. The maximum absolute atomic E-state index is 6.63. The number of aromatic nitrogens is 6. The number of hydrogen-bond donors (Lipinski definition) is 0. The maximum atomic E-state index is 6.63. The number of para-hydroxylation sites is 5. The smallest absolute Gasteiger partial charge is 0.164 e. The fraction of sp³-hybridized carbons (Fsp3) is 0. The molecule has 4 aromatic heterocycles. The first-order chi connectivity index (χ1) is 29.3. The zero-order chi connectivity index (χ0) is 38.9. The molecule has 0 N–H and O–H groups in total. The minimum atomic E-state index is 0.556. The van der Waals surface area contributed by atoms with Gasteiger partial charge in [0.2, 0.25) is 0 Å². The summed E-state index contributed by atoms with van der Waals surface area (Å²) in [5.74, 6) is 2.55. The van der Waals surface area contributed by atoms with Crippen LogP contribution in [0.25, 0.3) is 112 Å². The minimum absolute atomic E-state index is 0.556. The quantitative estimate of drug-likeness (QED) is 0.169. The summed E-state index contributed by atoms with van der Waals surface area (Å²) in [7, 11) is 0. The van der Waals surface area contributed by atoms with Crippen LogP contribution in [0.15, 0.2) is 199 Å². The van der Waals surface area contributed by atoms with Crippen LogP contribution in [0.1, 0.15) is 0 Å². The molecular weight excluding hydrogens is 725 g/mol. The van der Waals surface area contributed by atoms with Crippen molar-refractivity contribution < 1.29 is 4.42 Å². The van der Waals surface area contributed by atoms with Crippen LogP contribution in [0.4, 0.5) is 0 Å². The summed E-state index contributed by atoms with van der Waals surface area (Å²) in [6.07, 6.45) is 0. The first kappa shape index (κ1) is 33.0. The summed E-state index contributed by atoms with van der Waals surface area (Å²) in [5.41, 5.74) is 11.4. The molecule has 8 aromatic carbocycles. The van der Waals surface area contributed by atoms with E-state index in [-0.39, 0.29) is 0 Å². The normalized spacial score (nSPS) is 11.7. The predicted molar refractivity (Wildman–Crippen MR) is 238 cm³/mol. The Morgan fingerprint density at radius 3 is 1.53 bits per heavy atom. The fourth-order valence-electron chi connectivity index (χ4n) is 8.59. The molecule has 0 aliphatic carbocycles. The highest BCUT2D eigenvalue weighted by Crippen LogP contribution is 2.42. The van der Waals surface area contributed by atoms with Gasteiger partial charge in [-0.3, -0.25) is 4.57 Å². The van der Waals surface area contributed by atoms with Gasteiger partial charge in [-0.25, -0.2) is 19.9 Å². The summed E-state index contributed by atoms with van der Waals surface area (Å²) < 4.78 is 11.2. The second kappa shape index (κ2) is 13.2. The first-order valence-electron chi connectivity index (χ1n) is 19.7. The number of furan rings is 1. The topological polar surface area (TPSA) is 74.6 Å². The first-order valence-corrected chi connectivity index (χ1v) is 19.7. The van der Waals surface area contributed by atoms with E-state index in [2.05, 4.69) is 137 Å².